The van der Waals surface area contributed by atoms with Crippen molar-refractivity contribution in [3.8, 4) is 0 Å². The average molecular weight is 433 g/mol. The van der Waals surface area contributed by atoms with Gasteiger partial charge in [0.1, 0.15) is 8.07 Å². The number of sulfonamides is 1. The van der Waals surface area contributed by atoms with Gasteiger partial charge in [0.2, 0.25) is 15.9 Å². The Morgan fingerprint density at radius 3 is 2.07 bits per heavy atom. The van der Waals surface area contributed by atoms with E-state index >= 15 is 0 Å². The minimum atomic E-state index is -3.71. The predicted octanol–water partition coefficient (Wildman–Crippen LogP) is 3.01. The first-order valence-electron chi connectivity index (χ1n) is 9.86. The summed E-state index contributed by atoms with van der Waals surface area (Å²) in [7, 11) is -2.42. The van der Waals surface area contributed by atoms with Crippen LogP contribution >= 0.6 is 0 Å². The number of carbonyl (C=O) groups excluding carboxylic acids is 1. The third-order valence-corrected chi connectivity index (χ3v) is 11.8. The van der Waals surface area contributed by atoms with Gasteiger partial charge in [-0.1, -0.05) is 73.2 Å². The van der Waals surface area contributed by atoms with Crippen molar-refractivity contribution < 1.29 is 13.2 Å². The lowest BCUT2D eigenvalue weighted by molar-refractivity contribution is -0.130. The second kappa shape index (κ2) is 9.24. The van der Waals surface area contributed by atoms with Crippen LogP contribution in [0.15, 0.2) is 59.5 Å². The molecule has 0 fully saturated rings. The number of hydrogen-bond acceptors (Lipinski definition) is 3. The molecule has 1 atom stereocenters. The number of rotatable bonds is 8. The van der Waals surface area contributed by atoms with Crippen LogP contribution in [0.2, 0.25) is 13.1 Å². The van der Waals surface area contributed by atoms with Crippen molar-refractivity contribution in [1.82, 2.24) is 9.21 Å². The van der Waals surface area contributed by atoms with Gasteiger partial charge in [0, 0.05) is 19.8 Å². The Labute approximate surface area is 176 Å². The van der Waals surface area contributed by atoms with Gasteiger partial charge in [-0.15, -0.1) is 0 Å². The van der Waals surface area contributed by atoms with Gasteiger partial charge in [0.15, 0.2) is 0 Å². The van der Waals surface area contributed by atoms with E-state index in [4.69, 9.17) is 0 Å². The molecule has 0 heterocycles. The molecule has 0 saturated heterocycles. The normalized spacial score (nSPS) is 13.3. The lowest BCUT2D eigenvalue weighted by atomic mass is 10.2. The fourth-order valence-corrected chi connectivity index (χ4v) is 8.47. The van der Waals surface area contributed by atoms with Crippen LogP contribution in [0.25, 0.3) is 0 Å². The Morgan fingerprint density at radius 1 is 1.00 bits per heavy atom. The zero-order valence-electron chi connectivity index (χ0n) is 18.2. The molecule has 0 spiro atoms. The van der Waals surface area contributed by atoms with Crippen LogP contribution in [0.3, 0.4) is 0 Å². The number of benzene rings is 2. The molecule has 5 nitrogen and oxygen atoms in total. The van der Waals surface area contributed by atoms with E-state index in [0.29, 0.717) is 0 Å². The first kappa shape index (κ1) is 23.3. The third kappa shape index (κ3) is 5.15. The summed E-state index contributed by atoms with van der Waals surface area (Å²) in [6, 6.07) is 17.0. The van der Waals surface area contributed by atoms with Gasteiger partial charge < -0.3 is 4.90 Å². The smallest absolute Gasteiger partial charge is 0.243 e. The topological polar surface area (TPSA) is 57.7 Å². The van der Waals surface area contributed by atoms with Crippen molar-refractivity contribution in [2.24, 2.45) is 0 Å². The molecule has 0 bridgehead atoms. The molecule has 7 heteroatoms. The fraction of sp³-hybridized carbons (Fsp3) is 0.409. The summed E-state index contributed by atoms with van der Waals surface area (Å²) in [6.45, 7) is 8.32. The fourth-order valence-electron chi connectivity index (χ4n) is 3.78. The Balaban J connectivity index is 2.18. The third-order valence-electron chi connectivity index (χ3n) is 5.69. The van der Waals surface area contributed by atoms with E-state index in [1.807, 2.05) is 25.1 Å². The van der Waals surface area contributed by atoms with E-state index in [0.717, 1.165) is 16.3 Å². The van der Waals surface area contributed by atoms with Crippen molar-refractivity contribution in [3.05, 3.63) is 60.2 Å². The van der Waals surface area contributed by atoms with Gasteiger partial charge in [-0.2, -0.15) is 4.31 Å². The Kier molecular flexibility index (Phi) is 7.43. The average Bonchev–Trinajstić information content (AvgIpc) is 2.69. The van der Waals surface area contributed by atoms with Crippen molar-refractivity contribution in [2.75, 3.05) is 20.6 Å². The Morgan fingerprint density at radius 2 is 1.55 bits per heavy atom. The monoisotopic (exact) mass is 432 g/mol. The van der Waals surface area contributed by atoms with Crippen molar-refractivity contribution in [2.45, 2.75) is 43.9 Å². The number of nitrogens with zero attached hydrogens (tertiary/aromatic N) is 2. The van der Waals surface area contributed by atoms with Crippen LogP contribution < -0.4 is 5.19 Å². The zero-order chi connectivity index (χ0) is 21.8. The molecular weight excluding hydrogens is 400 g/mol. The van der Waals surface area contributed by atoms with Crippen molar-refractivity contribution in [1.29, 1.82) is 0 Å². The number of likely N-dealkylation sites (N-methyl/N-ethyl adjacent to an activating group) is 2. The maximum Gasteiger partial charge on any atom is 0.243 e. The van der Waals surface area contributed by atoms with Gasteiger partial charge in [-0.25, -0.2) is 8.42 Å². The number of amides is 1. The van der Waals surface area contributed by atoms with Crippen LogP contribution in [-0.4, -0.2) is 57.9 Å². The molecule has 0 radical (unpaired) electrons. The summed E-state index contributed by atoms with van der Waals surface area (Å²) < 4.78 is 26.8. The largest absolute Gasteiger partial charge is 0.344 e. The highest BCUT2D eigenvalue weighted by Crippen LogP contribution is 2.19. The molecule has 1 amide bonds. The molecule has 0 aliphatic carbocycles. The Hall–Kier alpha value is -1.96. The second-order valence-electron chi connectivity index (χ2n) is 8.09. The summed E-state index contributed by atoms with van der Waals surface area (Å²) in [4.78, 5) is 15.0. The van der Waals surface area contributed by atoms with Crippen LogP contribution in [0.1, 0.15) is 18.9 Å². The molecular formula is C22H32N2O3SSi. The molecule has 0 aromatic heterocycles. The van der Waals surface area contributed by atoms with E-state index in [9.17, 15) is 13.2 Å². The van der Waals surface area contributed by atoms with E-state index in [1.54, 1.807) is 36.2 Å². The summed E-state index contributed by atoms with van der Waals surface area (Å²) in [5.41, 5.74) is 1.06. The standard InChI is InChI=1S/C22H32N2O3SSi/c1-7-22(29(5,6)20-11-9-8-10-12-20)24(4)21(25)17-23(3)28(26,27)19-15-13-18(2)14-16-19/h8-16,22H,7,17H2,1-6H3. The molecule has 0 aliphatic heterocycles. The van der Waals surface area contributed by atoms with Gasteiger partial charge >= 0.3 is 0 Å². The zero-order valence-corrected chi connectivity index (χ0v) is 20.0. The minimum absolute atomic E-state index is 0.0767. The maximum atomic E-state index is 13.0. The van der Waals surface area contributed by atoms with Gasteiger partial charge in [0.25, 0.3) is 0 Å². The highest BCUT2D eigenvalue weighted by atomic mass is 32.2. The number of carbonyl (C=O) groups is 1. The molecule has 2 aromatic carbocycles. The molecule has 2 aromatic rings. The molecule has 2 rings (SSSR count). The quantitative estimate of drug-likeness (QED) is 0.603. The highest BCUT2D eigenvalue weighted by Gasteiger charge is 2.37. The summed E-state index contributed by atoms with van der Waals surface area (Å²) >= 11 is 0. The number of hydrogen-bond donors (Lipinski definition) is 0. The summed E-state index contributed by atoms with van der Waals surface area (Å²) in [6.07, 6.45) is 0.824. The van der Waals surface area contributed by atoms with Gasteiger partial charge in [-0.05, 0) is 25.5 Å². The van der Waals surface area contributed by atoms with Crippen LogP contribution in [-0.2, 0) is 14.8 Å². The Bertz CT molecular complexity index is 928. The second-order valence-corrected chi connectivity index (χ2v) is 14.8. The van der Waals surface area contributed by atoms with E-state index < -0.39 is 18.1 Å². The summed E-state index contributed by atoms with van der Waals surface area (Å²) in [5.74, 6) is -0.188. The molecule has 158 valence electrons. The molecule has 0 aliphatic rings. The maximum absolute atomic E-state index is 13.0. The lowest BCUT2D eigenvalue weighted by Gasteiger charge is -2.39. The van der Waals surface area contributed by atoms with Gasteiger partial charge in [-0.3, -0.25) is 4.79 Å². The first-order chi connectivity index (χ1) is 13.5. The van der Waals surface area contributed by atoms with Crippen LogP contribution in [0.4, 0.5) is 0 Å². The van der Waals surface area contributed by atoms with E-state index in [2.05, 4.69) is 32.2 Å². The first-order valence-corrected chi connectivity index (χ1v) is 14.4. The van der Waals surface area contributed by atoms with Gasteiger partial charge in [0.05, 0.1) is 11.4 Å². The van der Waals surface area contributed by atoms with Crippen LogP contribution in [0, 0.1) is 6.92 Å². The number of aryl methyl sites for hydroxylation is 1. The molecule has 29 heavy (non-hydrogen) atoms. The van der Waals surface area contributed by atoms with Crippen molar-refractivity contribution >= 4 is 29.2 Å². The summed E-state index contributed by atoms with van der Waals surface area (Å²) in [5, 5.41) is 1.28. The minimum Gasteiger partial charge on any atom is -0.344 e. The van der Waals surface area contributed by atoms with E-state index in [1.165, 1.54) is 12.2 Å². The van der Waals surface area contributed by atoms with Crippen molar-refractivity contribution in [3.63, 3.8) is 0 Å². The SMILES string of the molecule is CCC(N(C)C(=O)CN(C)S(=O)(=O)c1ccc(C)cc1)[Si](C)(C)c1ccccc1. The molecule has 1 unspecified atom stereocenters. The van der Waals surface area contributed by atoms with E-state index in [-0.39, 0.29) is 23.0 Å². The molecule has 0 N–H and O–H groups in total. The lowest BCUT2D eigenvalue weighted by Crippen LogP contribution is -2.61. The van der Waals surface area contributed by atoms with Crippen LogP contribution in [0.5, 0.6) is 0 Å². The predicted molar refractivity (Wildman–Crippen MR) is 121 cm³/mol. The molecule has 0 saturated carbocycles. The highest BCUT2D eigenvalue weighted by molar-refractivity contribution is 7.89.